The summed E-state index contributed by atoms with van der Waals surface area (Å²) in [6, 6.07) is 11.2. The third-order valence-corrected chi connectivity index (χ3v) is 4.57. The molecule has 142 valence electrons. The number of benzene rings is 2. The van der Waals surface area contributed by atoms with Crippen LogP contribution in [-0.4, -0.2) is 11.9 Å². The van der Waals surface area contributed by atoms with Crippen molar-refractivity contribution in [3.05, 3.63) is 64.3 Å². The molecule has 1 heterocycles. The van der Waals surface area contributed by atoms with E-state index in [0.717, 1.165) is 30.3 Å². The van der Waals surface area contributed by atoms with Gasteiger partial charge in [0, 0.05) is 10.9 Å². The van der Waals surface area contributed by atoms with E-state index in [-0.39, 0.29) is 16.9 Å². The minimum Gasteiger partial charge on any atom is -0.486 e. The molecule has 1 aromatic heterocycles. The Morgan fingerprint density at radius 2 is 1.70 bits per heavy atom. The molecule has 0 radical (unpaired) electrons. The molecule has 0 N–H and O–H groups in total. The maximum Gasteiger partial charge on any atom is 0.416 e. The van der Waals surface area contributed by atoms with Crippen molar-refractivity contribution in [3.8, 4) is 17.1 Å². The van der Waals surface area contributed by atoms with Gasteiger partial charge in [-0.3, -0.25) is 4.79 Å². The first kappa shape index (κ1) is 19.5. The maximum absolute atomic E-state index is 12.8. The summed E-state index contributed by atoms with van der Waals surface area (Å²) in [5.74, 6) is 0.147. The molecule has 0 amide bonds. The fraction of sp³-hybridized carbons (Fsp3) is 0.250. The Kier molecular flexibility index (Phi) is 5.89. The summed E-state index contributed by atoms with van der Waals surface area (Å²) in [7, 11) is 0. The lowest BCUT2D eigenvalue weighted by Crippen LogP contribution is -2.11. The molecule has 0 bridgehead atoms. The second-order valence-corrected chi connectivity index (χ2v) is 6.70. The largest absolute Gasteiger partial charge is 0.486 e. The SMILES string of the molecule is O=c1c(OCCCCBr)c(-c2ccc(C(F)(F)F)cc2)oc2ccccc12. The summed E-state index contributed by atoms with van der Waals surface area (Å²) in [6.07, 6.45) is -2.84. The van der Waals surface area contributed by atoms with E-state index in [1.54, 1.807) is 24.3 Å². The quantitative estimate of drug-likeness (QED) is 0.346. The standard InChI is InChI=1S/C20H16BrF3O3/c21-11-3-4-12-26-19-17(25)15-5-1-2-6-16(15)27-18(19)13-7-9-14(10-8-13)20(22,23)24/h1-2,5-10H,3-4,11-12H2. The molecule has 0 spiro atoms. The number of unbranched alkanes of at least 4 members (excludes halogenated alkanes) is 1. The molecule has 3 nitrogen and oxygen atoms in total. The first-order chi connectivity index (χ1) is 12.9. The number of rotatable bonds is 6. The Labute approximate surface area is 161 Å². The Hall–Kier alpha value is -2.28. The summed E-state index contributed by atoms with van der Waals surface area (Å²) in [5, 5.41) is 1.18. The molecule has 0 fully saturated rings. The number of hydrogen-bond acceptors (Lipinski definition) is 3. The van der Waals surface area contributed by atoms with Gasteiger partial charge in [-0.05, 0) is 37.1 Å². The van der Waals surface area contributed by atoms with Crippen LogP contribution in [0.5, 0.6) is 5.75 Å². The summed E-state index contributed by atoms with van der Waals surface area (Å²) >= 11 is 3.33. The Morgan fingerprint density at radius 1 is 1.00 bits per heavy atom. The highest BCUT2D eigenvalue weighted by Crippen LogP contribution is 2.34. The van der Waals surface area contributed by atoms with Crippen LogP contribution in [0.4, 0.5) is 13.2 Å². The van der Waals surface area contributed by atoms with Gasteiger partial charge in [-0.1, -0.05) is 40.2 Å². The zero-order chi connectivity index (χ0) is 19.4. The van der Waals surface area contributed by atoms with E-state index in [1.165, 1.54) is 12.1 Å². The second kappa shape index (κ2) is 8.17. The van der Waals surface area contributed by atoms with Gasteiger partial charge in [0.1, 0.15) is 5.58 Å². The molecule has 2 aromatic carbocycles. The van der Waals surface area contributed by atoms with E-state index >= 15 is 0 Å². The Bertz CT molecular complexity index is 978. The van der Waals surface area contributed by atoms with Crippen LogP contribution in [0.15, 0.2) is 57.7 Å². The molecule has 0 aliphatic heterocycles. The number of ether oxygens (including phenoxy) is 1. The first-order valence-electron chi connectivity index (χ1n) is 8.34. The van der Waals surface area contributed by atoms with E-state index in [2.05, 4.69) is 15.9 Å². The average Bonchev–Trinajstić information content (AvgIpc) is 2.66. The lowest BCUT2D eigenvalue weighted by Gasteiger charge is -2.12. The third kappa shape index (κ3) is 4.35. The van der Waals surface area contributed by atoms with Crippen molar-refractivity contribution in [2.45, 2.75) is 19.0 Å². The van der Waals surface area contributed by atoms with Crippen molar-refractivity contribution in [3.63, 3.8) is 0 Å². The van der Waals surface area contributed by atoms with Crippen LogP contribution in [0, 0.1) is 0 Å². The highest BCUT2D eigenvalue weighted by molar-refractivity contribution is 9.09. The predicted octanol–water partition coefficient (Wildman–Crippen LogP) is 6.03. The smallest absolute Gasteiger partial charge is 0.416 e. The Balaban J connectivity index is 2.08. The zero-order valence-corrected chi connectivity index (χ0v) is 15.8. The Morgan fingerprint density at radius 3 is 2.37 bits per heavy atom. The topological polar surface area (TPSA) is 39.4 Å². The van der Waals surface area contributed by atoms with Gasteiger partial charge < -0.3 is 9.15 Å². The molecule has 7 heteroatoms. The monoisotopic (exact) mass is 440 g/mol. The summed E-state index contributed by atoms with van der Waals surface area (Å²) < 4.78 is 49.9. The summed E-state index contributed by atoms with van der Waals surface area (Å²) in [5.41, 5.74) is -0.411. The van der Waals surface area contributed by atoms with Crippen molar-refractivity contribution in [1.29, 1.82) is 0 Å². The van der Waals surface area contributed by atoms with Crippen LogP contribution in [0.25, 0.3) is 22.3 Å². The van der Waals surface area contributed by atoms with E-state index in [4.69, 9.17) is 9.15 Å². The molecule has 3 rings (SSSR count). The van der Waals surface area contributed by atoms with Crippen LogP contribution in [-0.2, 0) is 6.18 Å². The molecular formula is C20H16BrF3O3. The predicted molar refractivity (Wildman–Crippen MR) is 101 cm³/mol. The van der Waals surface area contributed by atoms with Crippen molar-refractivity contribution in [2.75, 3.05) is 11.9 Å². The van der Waals surface area contributed by atoms with Gasteiger partial charge >= 0.3 is 6.18 Å². The van der Waals surface area contributed by atoms with E-state index in [9.17, 15) is 18.0 Å². The molecule has 0 aliphatic rings. The van der Waals surface area contributed by atoms with Crippen molar-refractivity contribution in [2.24, 2.45) is 0 Å². The van der Waals surface area contributed by atoms with Crippen LogP contribution < -0.4 is 10.2 Å². The van der Waals surface area contributed by atoms with Gasteiger partial charge in [-0.15, -0.1) is 0 Å². The van der Waals surface area contributed by atoms with Gasteiger partial charge in [0.05, 0.1) is 17.6 Å². The highest BCUT2D eigenvalue weighted by atomic mass is 79.9. The fourth-order valence-corrected chi connectivity index (χ4v) is 3.02. The van der Waals surface area contributed by atoms with Crippen LogP contribution in [0.3, 0.4) is 0 Å². The lowest BCUT2D eigenvalue weighted by molar-refractivity contribution is -0.137. The minimum absolute atomic E-state index is 0.0167. The van der Waals surface area contributed by atoms with E-state index in [1.807, 2.05) is 0 Å². The lowest BCUT2D eigenvalue weighted by atomic mass is 10.1. The van der Waals surface area contributed by atoms with Crippen LogP contribution in [0.2, 0.25) is 0 Å². The number of alkyl halides is 4. The zero-order valence-electron chi connectivity index (χ0n) is 14.2. The summed E-state index contributed by atoms with van der Waals surface area (Å²) in [6.45, 7) is 0.308. The van der Waals surface area contributed by atoms with E-state index in [0.29, 0.717) is 23.1 Å². The van der Waals surface area contributed by atoms with Crippen LogP contribution in [0.1, 0.15) is 18.4 Å². The average molecular weight is 441 g/mol. The molecule has 0 atom stereocenters. The van der Waals surface area contributed by atoms with Gasteiger partial charge in [0.2, 0.25) is 11.2 Å². The summed E-state index contributed by atoms with van der Waals surface area (Å²) in [4.78, 5) is 12.8. The molecule has 3 aromatic rings. The molecular weight excluding hydrogens is 425 g/mol. The highest BCUT2D eigenvalue weighted by Gasteiger charge is 2.30. The maximum atomic E-state index is 12.8. The van der Waals surface area contributed by atoms with Crippen LogP contribution >= 0.6 is 15.9 Å². The van der Waals surface area contributed by atoms with E-state index < -0.39 is 11.7 Å². The third-order valence-electron chi connectivity index (χ3n) is 4.00. The minimum atomic E-state index is -4.43. The molecule has 0 saturated heterocycles. The number of para-hydroxylation sites is 1. The van der Waals surface area contributed by atoms with Gasteiger partial charge in [-0.25, -0.2) is 0 Å². The number of fused-ring (bicyclic) bond motifs is 1. The van der Waals surface area contributed by atoms with Crippen molar-refractivity contribution >= 4 is 26.9 Å². The molecule has 0 aliphatic carbocycles. The molecule has 0 saturated carbocycles. The van der Waals surface area contributed by atoms with Crippen molar-refractivity contribution in [1.82, 2.24) is 0 Å². The fourth-order valence-electron chi connectivity index (χ4n) is 2.63. The van der Waals surface area contributed by atoms with Gasteiger partial charge in [0.25, 0.3) is 0 Å². The second-order valence-electron chi connectivity index (χ2n) is 5.91. The first-order valence-corrected chi connectivity index (χ1v) is 9.46. The van der Waals surface area contributed by atoms with Crippen molar-refractivity contribution < 1.29 is 22.3 Å². The number of hydrogen-bond donors (Lipinski definition) is 0. The molecule has 27 heavy (non-hydrogen) atoms. The van der Waals surface area contributed by atoms with Gasteiger partial charge in [-0.2, -0.15) is 13.2 Å². The molecule has 0 unspecified atom stereocenters. The number of halogens is 4. The normalized spacial score (nSPS) is 11.7. The van der Waals surface area contributed by atoms with Gasteiger partial charge in [0.15, 0.2) is 5.76 Å².